The lowest BCUT2D eigenvalue weighted by Gasteiger charge is -2.12. The monoisotopic (exact) mass is 336 g/mol. The Hall–Kier alpha value is -1.60. The summed E-state index contributed by atoms with van der Waals surface area (Å²) in [5.41, 5.74) is 0.910. The molecule has 3 heterocycles. The van der Waals surface area contributed by atoms with Gasteiger partial charge in [0.15, 0.2) is 5.16 Å². The van der Waals surface area contributed by atoms with Crippen LogP contribution in [-0.2, 0) is 16.1 Å². The van der Waals surface area contributed by atoms with Gasteiger partial charge >= 0.3 is 5.97 Å². The van der Waals surface area contributed by atoms with Crippen molar-refractivity contribution in [3.8, 4) is 0 Å². The number of carbonyl (C=O) groups excluding carboxylic acids is 1. The van der Waals surface area contributed by atoms with Crippen molar-refractivity contribution in [3.63, 3.8) is 0 Å². The average Bonchev–Trinajstić information content (AvgIpc) is 2.99. The summed E-state index contributed by atoms with van der Waals surface area (Å²) in [7, 11) is 0. The zero-order valence-electron chi connectivity index (χ0n) is 12.4. The minimum Gasteiger partial charge on any atom is -0.465 e. The Morgan fingerprint density at radius 1 is 1.50 bits per heavy atom. The van der Waals surface area contributed by atoms with Gasteiger partial charge in [-0.15, -0.1) is 17.9 Å². The average molecular weight is 336 g/mol. The minimum absolute atomic E-state index is 0.0689. The van der Waals surface area contributed by atoms with Gasteiger partial charge in [-0.25, -0.2) is 4.98 Å². The number of hydrogen-bond donors (Lipinski definition) is 0. The molecule has 0 spiro atoms. The lowest BCUT2D eigenvalue weighted by molar-refractivity contribution is -0.137. The van der Waals surface area contributed by atoms with E-state index in [0.717, 1.165) is 15.3 Å². The second kappa shape index (κ2) is 5.89. The van der Waals surface area contributed by atoms with Crippen LogP contribution in [0.15, 0.2) is 22.6 Å². The number of hydrogen-bond acceptors (Lipinski definition) is 6. The van der Waals surface area contributed by atoms with E-state index >= 15 is 0 Å². The molecule has 5 nitrogen and oxygen atoms in total. The maximum absolute atomic E-state index is 12.8. The lowest BCUT2D eigenvalue weighted by atomic mass is 10.2. The number of aryl methyl sites for hydroxylation is 2. The standard InChI is InChI=1S/C15H16N2O3S2/c1-4-6-17-13(18)11-8(2)9(3)21-12(11)16-15(17)22-10-5-7-20-14(10)19/h4,10H,1,5-7H2,2-3H3/t10-/m1/s1. The van der Waals surface area contributed by atoms with Gasteiger partial charge < -0.3 is 4.74 Å². The van der Waals surface area contributed by atoms with Gasteiger partial charge in [-0.05, 0) is 19.4 Å². The fourth-order valence-corrected chi connectivity index (χ4v) is 4.54. The first-order chi connectivity index (χ1) is 10.5. The van der Waals surface area contributed by atoms with Crippen molar-refractivity contribution >= 4 is 39.3 Å². The van der Waals surface area contributed by atoms with Gasteiger partial charge in [0.1, 0.15) is 10.1 Å². The number of thiophene rings is 1. The molecule has 22 heavy (non-hydrogen) atoms. The van der Waals surface area contributed by atoms with Gasteiger partial charge in [-0.3, -0.25) is 14.2 Å². The highest BCUT2D eigenvalue weighted by Gasteiger charge is 2.29. The van der Waals surface area contributed by atoms with E-state index in [2.05, 4.69) is 11.6 Å². The topological polar surface area (TPSA) is 61.2 Å². The second-order valence-electron chi connectivity index (χ2n) is 5.12. The molecular formula is C15H16N2O3S2. The van der Waals surface area contributed by atoms with Crippen molar-refractivity contribution in [1.29, 1.82) is 0 Å². The summed E-state index contributed by atoms with van der Waals surface area (Å²) in [5.74, 6) is -0.233. The zero-order chi connectivity index (χ0) is 15.9. The van der Waals surface area contributed by atoms with Gasteiger partial charge in [0.2, 0.25) is 0 Å². The first-order valence-electron chi connectivity index (χ1n) is 6.97. The Bertz CT molecular complexity index is 822. The van der Waals surface area contributed by atoms with Crippen LogP contribution >= 0.6 is 23.1 Å². The maximum atomic E-state index is 12.8. The third-order valence-electron chi connectivity index (χ3n) is 3.70. The molecule has 2 aromatic heterocycles. The number of nitrogens with zero attached hydrogens (tertiary/aromatic N) is 2. The highest BCUT2D eigenvalue weighted by Crippen LogP contribution is 2.32. The largest absolute Gasteiger partial charge is 0.465 e. The fourth-order valence-electron chi connectivity index (χ4n) is 2.40. The predicted octanol–water partition coefficient (Wildman–Crippen LogP) is 2.67. The summed E-state index contributed by atoms with van der Waals surface area (Å²) in [4.78, 5) is 30.9. The summed E-state index contributed by atoms with van der Waals surface area (Å²) >= 11 is 2.82. The van der Waals surface area contributed by atoms with Crippen LogP contribution in [0, 0.1) is 13.8 Å². The van der Waals surface area contributed by atoms with E-state index in [-0.39, 0.29) is 16.8 Å². The Morgan fingerprint density at radius 3 is 2.91 bits per heavy atom. The SMILES string of the molecule is C=CCn1c(S[C@@H]2CCOC2=O)nc2sc(C)c(C)c2c1=O. The van der Waals surface area contributed by atoms with Crippen molar-refractivity contribution in [2.24, 2.45) is 0 Å². The number of carbonyl (C=O) groups is 1. The van der Waals surface area contributed by atoms with Gasteiger partial charge in [0.05, 0.1) is 12.0 Å². The number of ether oxygens (including phenoxy) is 1. The molecule has 1 aliphatic rings. The van der Waals surface area contributed by atoms with Crippen molar-refractivity contribution in [2.45, 2.75) is 37.2 Å². The van der Waals surface area contributed by atoms with E-state index in [1.54, 1.807) is 10.6 Å². The van der Waals surface area contributed by atoms with Crippen molar-refractivity contribution < 1.29 is 9.53 Å². The Morgan fingerprint density at radius 2 is 2.27 bits per heavy atom. The van der Waals surface area contributed by atoms with Crippen molar-refractivity contribution in [3.05, 3.63) is 33.4 Å². The van der Waals surface area contributed by atoms with Gasteiger partial charge in [0.25, 0.3) is 5.56 Å². The fraction of sp³-hybridized carbons (Fsp3) is 0.400. The number of fused-ring (bicyclic) bond motifs is 1. The molecule has 2 aromatic rings. The van der Waals surface area contributed by atoms with Crippen molar-refractivity contribution in [2.75, 3.05) is 6.61 Å². The molecule has 0 amide bonds. The Balaban J connectivity index is 2.15. The molecule has 0 bridgehead atoms. The predicted molar refractivity (Wildman–Crippen MR) is 88.8 cm³/mol. The third-order valence-corrected chi connectivity index (χ3v) is 6.04. The molecule has 0 N–H and O–H groups in total. The molecule has 0 aromatic carbocycles. The van der Waals surface area contributed by atoms with Crippen LogP contribution in [0.1, 0.15) is 16.9 Å². The molecule has 7 heteroatoms. The molecule has 1 atom stereocenters. The summed E-state index contributed by atoms with van der Waals surface area (Å²) < 4.78 is 6.57. The van der Waals surface area contributed by atoms with E-state index < -0.39 is 0 Å². The molecule has 0 saturated carbocycles. The molecule has 1 aliphatic heterocycles. The van der Waals surface area contributed by atoms with E-state index in [9.17, 15) is 9.59 Å². The number of cyclic esters (lactones) is 1. The van der Waals surface area contributed by atoms with E-state index in [1.807, 2.05) is 13.8 Å². The minimum atomic E-state index is -0.289. The van der Waals surface area contributed by atoms with Crippen LogP contribution in [0.4, 0.5) is 0 Å². The van der Waals surface area contributed by atoms with Crippen molar-refractivity contribution in [1.82, 2.24) is 9.55 Å². The van der Waals surface area contributed by atoms with E-state index in [0.29, 0.717) is 30.1 Å². The second-order valence-corrected chi connectivity index (χ2v) is 7.50. The number of esters is 1. The van der Waals surface area contributed by atoms with E-state index in [4.69, 9.17) is 4.74 Å². The zero-order valence-corrected chi connectivity index (χ0v) is 14.1. The number of thioether (sulfide) groups is 1. The van der Waals surface area contributed by atoms with Crippen LogP contribution in [0.25, 0.3) is 10.2 Å². The molecule has 1 fully saturated rings. The normalized spacial score (nSPS) is 17.9. The van der Waals surface area contributed by atoms with Gasteiger partial charge in [0, 0.05) is 17.8 Å². The molecule has 0 radical (unpaired) electrons. The van der Waals surface area contributed by atoms with Crippen LogP contribution in [0.2, 0.25) is 0 Å². The first-order valence-corrected chi connectivity index (χ1v) is 8.67. The Labute approximate surface area is 136 Å². The number of rotatable bonds is 4. The summed E-state index contributed by atoms with van der Waals surface area (Å²) in [6.45, 7) is 8.44. The van der Waals surface area contributed by atoms with Crippen LogP contribution in [-0.4, -0.2) is 27.4 Å². The molecule has 116 valence electrons. The highest BCUT2D eigenvalue weighted by atomic mass is 32.2. The lowest BCUT2D eigenvalue weighted by Crippen LogP contribution is -2.24. The number of allylic oxidation sites excluding steroid dienone is 1. The van der Waals surface area contributed by atoms with Crippen LogP contribution < -0.4 is 5.56 Å². The summed E-state index contributed by atoms with van der Waals surface area (Å²) in [6.07, 6.45) is 2.31. The highest BCUT2D eigenvalue weighted by molar-refractivity contribution is 8.00. The maximum Gasteiger partial charge on any atom is 0.319 e. The summed E-state index contributed by atoms with van der Waals surface area (Å²) in [5, 5.41) is 0.938. The Kier molecular flexibility index (Phi) is 4.10. The van der Waals surface area contributed by atoms with Crippen LogP contribution in [0.3, 0.4) is 0 Å². The van der Waals surface area contributed by atoms with Gasteiger partial charge in [-0.2, -0.15) is 0 Å². The smallest absolute Gasteiger partial charge is 0.319 e. The first kappa shape index (κ1) is 15.3. The van der Waals surface area contributed by atoms with E-state index in [1.165, 1.54) is 23.1 Å². The summed E-state index contributed by atoms with van der Waals surface area (Å²) in [6, 6.07) is 0. The molecular weight excluding hydrogens is 320 g/mol. The molecule has 1 saturated heterocycles. The molecule has 3 rings (SSSR count). The molecule has 0 unspecified atom stereocenters. The third kappa shape index (κ3) is 2.48. The number of aromatic nitrogens is 2. The molecule has 0 aliphatic carbocycles. The van der Waals surface area contributed by atoms with Gasteiger partial charge in [-0.1, -0.05) is 17.8 Å². The van der Waals surface area contributed by atoms with Crippen LogP contribution in [0.5, 0.6) is 0 Å². The quantitative estimate of drug-likeness (QED) is 0.488.